The Morgan fingerprint density at radius 1 is 0.879 bits per heavy atom. The smallest absolute Gasteiger partial charge is 0.257 e. The third-order valence-corrected chi connectivity index (χ3v) is 5.14. The van der Waals surface area contributed by atoms with Crippen molar-refractivity contribution < 1.29 is 9.18 Å². The highest BCUT2D eigenvalue weighted by Gasteiger charge is 2.22. The van der Waals surface area contributed by atoms with Crippen molar-refractivity contribution >= 4 is 11.9 Å². The van der Waals surface area contributed by atoms with E-state index in [1.54, 1.807) is 34.3 Å². The fraction of sp³-hybridized carbons (Fsp3) is 0.154. The van der Waals surface area contributed by atoms with Gasteiger partial charge in [-0.1, -0.05) is 48.5 Å². The molecule has 4 rings (SSSR count). The molecular formula is C26H24FN5O. The number of hydrogen-bond acceptors (Lipinski definition) is 5. The fourth-order valence-electron chi connectivity index (χ4n) is 3.47. The second kappa shape index (κ2) is 9.99. The molecule has 0 saturated heterocycles. The molecule has 2 aromatic heterocycles. The largest absolute Gasteiger partial charge is 0.347 e. The number of aromatic nitrogens is 3. The highest BCUT2D eigenvalue weighted by Crippen LogP contribution is 2.24. The van der Waals surface area contributed by atoms with Crippen LogP contribution in [0.2, 0.25) is 0 Å². The Hall–Kier alpha value is -4.13. The predicted molar refractivity (Wildman–Crippen MR) is 126 cm³/mol. The summed E-state index contributed by atoms with van der Waals surface area (Å²) >= 11 is 0. The molecule has 1 amide bonds. The summed E-state index contributed by atoms with van der Waals surface area (Å²) in [6, 6.07) is 21.2. The number of pyridine rings is 1. The van der Waals surface area contributed by atoms with Crippen LogP contribution in [0.4, 0.5) is 10.3 Å². The molecule has 33 heavy (non-hydrogen) atoms. The van der Waals surface area contributed by atoms with Crippen LogP contribution in [0.25, 0.3) is 11.3 Å². The molecule has 0 atom stereocenters. The summed E-state index contributed by atoms with van der Waals surface area (Å²) < 4.78 is 14.5. The van der Waals surface area contributed by atoms with Gasteiger partial charge in [0.25, 0.3) is 5.91 Å². The molecule has 0 aliphatic rings. The van der Waals surface area contributed by atoms with Gasteiger partial charge in [-0.05, 0) is 29.8 Å². The van der Waals surface area contributed by atoms with Crippen LogP contribution in [0, 0.1) is 5.82 Å². The summed E-state index contributed by atoms with van der Waals surface area (Å²) in [5, 5.41) is 0. The number of nitrogens with zero attached hydrogens (tertiary/aromatic N) is 5. The third kappa shape index (κ3) is 5.20. The van der Waals surface area contributed by atoms with E-state index in [-0.39, 0.29) is 12.1 Å². The monoisotopic (exact) mass is 441 g/mol. The van der Waals surface area contributed by atoms with Gasteiger partial charge < -0.3 is 9.80 Å². The van der Waals surface area contributed by atoms with Crippen molar-refractivity contribution in [3.05, 3.63) is 108 Å². The molecule has 0 radical (unpaired) electrons. The van der Waals surface area contributed by atoms with E-state index in [2.05, 4.69) is 9.97 Å². The van der Waals surface area contributed by atoms with Gasteiger partial charge in [0.15, 0.2) is 0 Å². The van der Waals surface area contributed by atoms with E-state index in [1.165, 1.54) is 12.1 Å². The molecule has 2 heterocycles. The van der Waals surface area contributed by atoms with Gasteiger partial charge in [-0.25, -0.2) is 14.4 Å². The average molecular weight is 442 g/mol. The number of rotatable bonds is 7. The van der Waals surface area contributed by atoms with Gasteiger partial charge in [0.05, 0.1) is 23.5 Å². The maximum atomic E-state index is 14.5. The lowest BCUT2D eigenvalue weighted by atomic mass is 10.1. The van der Waals surface area contributed by atoms with Gasteiger partial charge in [-0.15, -0.1) is 0 Å². The molecular weight excluding hydrogens is 417 g/mol. The first kappa shape index (κ1) is 22.1. The standard InChI is InChI=1S/C26H24FN5O/c1-31(2)26-29-16-21(23-14-8-9-15-28-23)24(30-26)18-32(17-19-10-4-3-5-11-19)25(33)20-12-6-7-13-22(20)27/h3-16H,17-18H2,1-2H3. The summed E-state index contributed by atoms with van der Waals surface area (Å²) in [6.45, 7) is 0.467. The zero-order valence-corrected chi connectivity index (χ0v) is 18.5. The number of anilines is 1. The lowest BCUT2D eigenvalue weighted by Gasteiger charge is -2.24. The van der Waals surface area contributed by atoms with Gasteiger partial charge in [0.1, 0.15) is 5.82 Å². The van der Waals surface area contributed by atoms with E-state index in [9.17, 15) is 9.18 Å². The van der Waals surface area contributed by atoms with Crippen molar-refractivity contribution in [2.45, 2.75) is 13.1 Å². The molecule has 0 aliphatic heterocycles. The fourth-order valence-corrected chi connectivity index (χ4v) is 3.47. The lowest BCUT2D eigenvalue weighted by Crippen LogP contribution is -2.31. The zero-order valence-electron chi connectivity index (χ0n) is 18.5. The SMILES string of the molecule is CN(C)c1ncc(-c2ccccn2)c(CN(Cc2ccccc2)C(=O)c2ccccc2F)n1. The Balaban J connectivity index is 1.77. The predicted octanol–water partition coefficient (Wildman–Crippen LogP) is 4.59. The lowest BCUT2D eigenvalue weighted by molar-refractivity contribution is 0.0723. The summed E-state index contributed by atoms with van der Waals surface area (Å²) in [5.41, 5.74) is 3.02. The highest BCUT2D eigenvalue weighted by atomic mass is 19.1. The Labute approximate surface area is 192 Å². The molecule has 2 aromatic carbocycles. The molecule has 0 aliphatic carbocycles. The van der Waals surface area contributed by atoms with Gasteiger partial charge in [-0.3, -0.25) is 9.78 Å². The van der Waals surface area contributed by atoms with E-state index in [1.807, 2.05) is 62.6 Å². The maximum absolute atomic E-state index is 14.5. The molecule has 0 saturated carbocycles. The second-order valence-electron chi connectivity index (χ2n) is 7.77. The van der Waals surface area contributed by atoms with Crippen LogP contribution in [0.5, 0.6) is 0 Å². The highest BCUT2D eigenvalue weighted by molar-refractivity contribution is 5.94. The van der Waals surface area contributed by atoms with Crippen molar-refractivity contribution in [2.75, 3.05) is 19.0 Å². The minimum Gasteiger partial charge on any atom is -0.347 e. The van der Waals surface area contributed by atoms with Gasteiger partial charge in [0.2, 0.25) is 5.95 Å². The summed E-state index contributed by atoms with van der Waals surface area (Å²) in [5.74, 6) is -0.446. The molecule has 0 N–H and O–H groups in total. The van der Waals surface area contributed by atoms with Crippen LogP contribution in [-0.2, 0) is 13.1 Å². The van der Waals surface area contributed by atoms with E-state index >= 15 is 0 Å². The first-order chi connectivity index (χ1) is 16.0. The Bertz CT molecular complexity index is 1230. The van der Waals surface area contributed by atoms with Crippen molar-refractivity contribution in [2.24, 2.45) is 0 Å². The van der Waals surface area contributed by atoms with Gasteiger partial charge >= 0.3 is 0 Å². The van der Waals surface area contributed by atoms with E-state index in [0.717, 1.165) is 11.1 Å². The zero-order chi connectivity index (χ0) is 23.2. The number of halogens is 1. The van der Waals surface area contributed by atoms with Gasteiger partial charge in [0, 0.05) is 38.6 Å². The first-order valence-corrected chi connectivity index (χ1v) is 10.6. The van der Waals surface area contributed by atoms with Crippen LogP contribution >= 0.6 is 0 Å². The average Bonchev–Trinajstić information content (AvgIpc) is 2.84. The Morgan fingerprint density at radius 2 is 1.61 bits per heavy atom. The van der Waals surface area contributed by atoms with Crippen molar-refractivity contribution in [3.8, 4) is 11.3 Å². The molecule has 0 bridgehead atoms. The molecule has 166 valence electrons. The topological polar surface area (TPSA) is 62.2 Å². The Kier molecular flexibility index (Phi) is 6.69. The van der Waals surface area contributed by atoms with Crippen molar-refractivity contribution in [1.29, 1.82) is 0 Å². The van der Waals surface area contributed by atoms with E-state index in [4.69, 9.17) is 4.98 Å². The number of amides is 1. The van der Waals surface area contributed by atoms with E-state index in [0.29, 0.717) is 23.9 Å². The first-order valence-electron chi connectivity index (χ1n) is 10.6. The molecule has 4 aromatic rings. The van der Waals surface area contributed by atoms with Crippen LogP contribution in [0.3, 0.4) is 0 Å². The maximum Gasteiger partial charge on any atom is 0.257 e. The number of carbonyl (C=O) groups is 1. The van der Waals surface area contributed by atoms with Crippen molar-refractivity contribution in [1.82, 2.24) is 19.9 Å². The quantitative estimate of drug-likeness (QED) is 0.420. The summed E-state index contributed by atoms with van der Waals surface area (Å²) in [7, 11) is 3.71. The molecule has 0 unspecified atom stereocenters. The van der Waals surface area contributed by atoms with Crippen LogP contribution in [-0.4, -0.2) is 39.9 Å². The normalized spacial score (nSPS) is 10.6. The van der Waals surface area contributed by atoms with Crippen LogP contribution < -0.4 is 4.90 Å². The minimum atomic E-state index is -0.554. The summed E-state index contributed by atoms with van der Waals surface area (Å²) in [6.07, 6.45) is 3.42. The van der Waals surface area contributed by atoms with E-state index < -0.39 is 11.7 Å². The number of benzene rings is 2. The van der Waals surface area contributed by atoms with Crippen LogP contribution in [0.15, 0.2) is 85.2 Å². The minimum absolute atomic E-state index is 0.0229. The second-order valence-corrected chi connectivity index (χ2v) is 7.77. The molecule has 0 spiro atoms. The third-order valence-electron chi connectivity index (χ3n) is 5.14. The molecule has 0 fully saturated rings. The summed E-state index contributed by atoms with van der Waals surface area (Å²) in [4.78, 5) is 30.4. The van der Waals surface area contributed by atoms with Crippen LogP contribution in [0.1, 0.15) is 21.6 Å². The van der Waals surface area contributed by atoms with Crippen molar-refractivity contribution in [3.63, 3.8) is 0 Å². The Morgan fingerprint density at radius 3 is 2.30 bits per heavy atom. The number of hydrogen-bond donors (Lipinski definition) is 0. The molecule has 6 nitrogen and oxygen atoms in total. The van der Waals surface area contributed by atoms with Gasteiger partial charge in [-0.2, -0.15) is 0 Å². The number of carbonyl (C=O) groups excluding carboxylic acids is 1. The molecule has 7 heteroatoms.